The molecule has 1 saturated carbocycles. The van der Waals surface area contributed by atoms with Crippen molar-refractivity contribution in [2.75, 3.05) is 13.7 Å². The zero-order chi connectivity index (χ0) is 17.2. The number of nitrogens with two attached hydrogens (primary N) is 1. The molecule has 7 heteroatoms. The van der Waals surface area contributed by atoms with E-state index < -0.39 is 22.7 Å². The van der Waals surface area contributed by atoms with E-state index in [1.165, 1.54) is 0 Å². The first-order valence-corrected chi connectivity index (χ1v) is 7.65. The van der Waals surface area contributed by atoms with Crippen molar-refractivity contribution in [3.05, 3.63) is 29.8 Å². The number of benzene rings is 1. The first-order chi connectivity index (χ1) is 11.5. The molecule has 2 aliphatic heterocycles. The molecule has 1 aliphatic carbocycles. The Morgan fingerprint density at radius 1 is 1.38 bits per heavy atom. The lowest BCUT2D eigenvalue weighted by atomic mass is 9.94. The SMILES string of the molecule is COc1cccc([C@H]2[C@@]3(C#N)[C@]4(N=C(N)[C@@]23C#N)OC[C@@H](C)O4)c1. The average Bonchev–Trinajstić information content (AvgIpc) is 2.99. The normalized spacial score (nSPS) is 42.1. The molecule has 2 N–H and O–H groups in total. The smallest absolute Gasteiger partial charge is 0.293 e. The number of fused-ring (bicyclic) bond motifs is 2. The third-order valence-electron chi connectivity index (χ3n) is 5.23. The Bertz CT molecular complexity index is 841. The first kappa shape index (κ1) is 14.9. The summed E-state index contributed by atoms with van der Waals surface area (Å²) in [4.78, 5) is 4.28. The number of methoxy groups -OCH3 is 1. The van der Waals surface area contributed by atoms with Crippen LogP contribution in [-0.2, 0) is 9.47 Å². The van der Waals surface area contributed by atoms with Gasteiger partial charge in [-0.1, -0.05) is 12.1 Å². The molecule has 0 amide bonds. The van der Waals surface area contributed by atoms with Crippen LogP contribution in [0.2, 0.25) is 0 Å². The third kappa shape index (κ3) is 1.36. The molecular weight excluding hydrogens is 308 g/mol. The second-order valence-electron chi connectivity index (χ2n) is 6.37. The molecule has 122 valence electrons. The van der Waals surface area contributed by atoms with Crippen LogP contribution in [-0.4, -0.2) is 31.6 Å². The molecule has 1 saturated heterocycles. The van der Waals surface area contributed by atoms with Gasteiger partial charge in [-0.3, -0.25) is 0 Å². The van der Waals surface area contributed by atoms with Gasteiger partial charge in [0.2, 0.25) is 0 Å². The Hall–Kier alpha value is -2.61. The van der Waals surface area contributed by atoms with E-state index in [-0.39, 0.29) is 11.9 Å². The zero-order valence-electron chi connectivity index (χ0n) is 13.3. The molecular formula is C17H16N4O3. The number of ether oxygens (including phenoxy) is 3. The maximum atomic E-state index is 10.0. The van der Waals surface area contributed by atoms with Gasteiger partial charge in [0.05, 0.1) is 32.0 Å². The number of rotatable bonds is 2. The molecule has 4 rings (SSSR count). The van der Waals surface area contributed by atoms with E-state index in [9.17, 15) is 10.5 Å². The molecule has 0 aromatic heterocycles. The van der Waals surface area contributed by atoms with Crippen molar-refractivity contribution in [2.24, 2.45) is 21.6 Å². The van der Waals surface area contributed by atoms with Crippen LogP contribution in [0.4, 0.5) is 0 Å². The number of nitrogens with zero attached hydrogens (tertiary/aromatic N) is 3. The van der Waals surface area contributed by atoms with E-state index >= 15 is 0 Å². The number of aliphatic imine (C=N–C) groups is 1. The van der Waals surface area contributed by atoms with Crippen LogP contribution in [0.5, 0.6) is 5.75 Å². The molecule has 5 atom stereocenters. The summed E-state index contributed by atoms with van der Waals surface area (Å²) < 4.78 is 16.9. The molecule has 3 aliphatic rings. The van der Waals surface area contributed by atoms with Crippen molar-refractivity contribution in [3.63, 3.8) is 0 Å². The van der Waals surface area contributed by atoms with E-state index in [0.717, 1.165) is 5.56 Å². The van der Waals surface area contributed by atoms with Crippen LogP contribution in [0, 0.1) is 33.5 Å². The molecule has 2 heterocycles. The van der Waals surface area contributed by atoms with Gasteiger partial charge in [0, 0.05) is 5.92 Å². The fourth-order valence-corrected chi connectivity index (χ4v) is 4.18. The van der Waals surface area contributed by atoms with Crippen LogP contribution in [0.15, 0.2) is 29.3 Å². The number of nitriles is 2. The summed E-state index contributed by atoms with van der Waals surface area (Å²) >= 11 is 0. The molecule has 7 nitrogen and oxygen atoms in total. The summed E-state index contributed by atoms with van der Waals surface area (Å²) in [5.41, 5.74) is 4.34. The molecule has 0 bridgehead atoms. The summed E-state index contributed by atoms with van der Waals surface area (Å²) in [6.45, 7) is 2.13. The molecule has 1 aromatic carbocycles. The summed E-state index contributed by atoms with van der Waals surface area (Å²) in [7, 11) is 1.56. The Labute approximate surface area is 139 Å². The van der Waals surface area contributed by atoms with Crippen LogP contribution in [0.25, 0.3) is 0 Å². The molecule has 2 fully saturated rings. The van der Waals surface area contributed by atoms with Crippen molar-refractivity contribution in [1.29, 1.82) is 10.5 Å². The van der Waals surface area contributed by atoms with E-state index in [1.54, 1.807) is 19.2 Å². The summed E-state index contributed by atoms with van der Waals surface area (Å²) in [5, 5.41) is 19.9. The molecule has 1 aromatic rings. The standard InChI is InChI=1S/C17H16N4O3/c1-10-7-23-17(24-10)16(9-19)13(15(16,8-18)14(20)21-17)11-4-3-5-12(6-11)22-2/h3-6,10,13H,7H2,1-2H3,(H2,20,21)/t10-,13-,15-,16-,17+/m1/s1. The minimum absolute atomic E-state index is 0.0912. The minimum Gasteiger partial charge on any atom is -0.497 e. The molecule has 0 radical (unpaired) electrons. The number of amidine groups is 1. The number of hydrogen-bond donors (Lipinski definition) is 1. The highest BCUT2D eigenvalue weighted by Crippen LogP contribution is 2.82. The highest BCUT2D eigenvalue weighted by molar-refractivity contribution is 6.00. The predicted molar refractivity (Wildman–Crippen MR) is 82.7 cm³/mol. The average molecular weight is 324 g/mol. The second kappa shape index (κ2) is 4.47. The Morgan fingerprint density at radius 2 is 2.17 bits per heavy atom. The molecule has 0 unspecified atom stereocenters. The minimum atomic E-state index is -1.52. The Kier molecular flexibility index (Phi) is 2.79. The third-order valence-corrected chi connectivity index (χ3v) is 5.23. The van der Waals surface area contributed by atoms with Crippen molar-refractivity contribution >= 4 is 5.84 Å². The topological polar surface area (TPSA) is 114 Å². The van der Waals surface area contributed by atoms with E-state index in [0.29, 0.717) is 12.4 Å². The van der Waals surface area contributed by atoms with Crippen LogP contribution in [0.1, 0.15) is 18.4 Å². The van der Waals surface area contributed by atoms with Crippen molar-refractivity contribution in [3.8, 4) is 17.9 Å². The largest absolute Gasteiger partial charge is 0.497 e. The van der Waals surface area contributed by atoms with Gasteiger partial charge in [0.1, 0.15) is 17.0 Å². The van der Waals surface area contributed by atoms with Gasteiger partial charge in [-0.25, -0.2) is 4.99 Å². The molecule has 24 heavy (non-hydrogen) atoms. The van der Waals surface area contributed by atoms with E-state index in [1.807, 2.05) is 19.1 Å². The van der Waals surface area contributed by atoms with Gasteiger partial charge in [-0.05, 0) is 24.6 Å². The fourth-order valence-electron chi connectivity index (χ4n) is 4.18. The fraction of sp³-hybridized carbons (Fsp3) is 0.471. The zero-order valence-corrected chi connectivity index (χ0v) is 13.3. The van der Waals surface area contributed by atoms with Crippen LogP contribution in [0.3, 0.4) is 0 Å². The summed E-state index contributed by atoms with van der Waals surface area (Å²) in [6.07, 6.45) is -0.229. The highest BCUT2D eigenvalue weighted by atomic mass is 16.8. The van der Waals surface area contributed by atoms with Crippen LogP contribution >= 0.6 is 0 Å². The summed E-state index contributed by atoms with van der Waals surface area (Å²) in [5.74, 6) is -1.27. The molecule has 1 spiro atoms. The van der Waals surface area contributed by atoms with Crippen LogP contribution < -0.4 is 10.5 Å². The van der Waals surface area contributed by atoms with Gasteiger partial charge in [-0.2, -0.15) is 10.5 Å². The lowest BCUT2D eigenvalue weighted by molar-refractivity contribution is -0.193. The Morgan fingerprint density at radius 3 is 2.75 bits per heavy atom. The van der Waals surface area contributed by atoms with Crippen molar-refractivity contribution in [1.82, 2.24) is 0 Å². The van der Waals surface area contributed by atoms with Gasteiger partial charge in [-0.15, -0.1) is 0 Å². The van der Waals surface area contributed by atoms with Crippen molar-refractivity contribution < 1.29 is 14.2 Å². The first-order valence-electron chi connectivity index (χ1n) is 7.65. The maximum absolute atomic E-state index is 10.0. The van der Waals surface area contributed by atoms with Crippen molar-refractivity contribution in [2.45, 2.75) is 24.9 Å². The highest BCUT2D eigenvalue weighted by Gasteiger charge is 2.94. The van der Waals surface area contributed by atoms with Gasteiger partial charge >= 0.3 is 0 Å². The maximum Gasteiger partial charge on any atom is 0.293 e. The Balaban J connectivity index is 1.90. The van der Waals surface area contributed by atoms with Gasteiger partial charge < -0.3 is 19.9 Å². The lowest BCUT2D eigenvalue weighted by Gasteiger charge is -2.26. The van der Waals surface area contributed by atoms with E-state index in [2.05, 4.69) is 17.1 Å². The second-order valence-corrected chi connectivity index (χ2v) is 6.37. The number of hydrogen-bond acceptors (Lipinski definition) is 7. The predicted octanol–water partition coefficient (Wildman–Crippen LogP) is 1.27. The summed E-state index contributed by atoms with van der Waals surface area (Å²) in [6, 6.07) is 11.8. The monoisotopic (exact) mass is 324 g/mol. The van der Waals surface area contributed by atoms with Gasteiger partial charge in [0.15, 0.2) is 5.41 Å². The quantitative estimate of drug-likeness (QED) is 0.876. The van der Waals surface area contributed by atoms with E-state index in [4.69, 9.17) is 19.9 Å². The van der Waals surface area contributed by atoms with Gasteiger partial charge in [0.25, 0.3) is 5.91 Å². The lowest BCUT2D eigenvalue weighted by Crippen LogP contribution is -2.39.